The summed E-state index contributed by atoms with van der Waals surface area (Å²) in [5, 5.41) is 22.7. The van der Waals surface area contributed by atoms with Crippen LogP contribution >= 0.6 is 24.0 Å². The van der Waals surface area contributed by atoms with Crippen LogP contribution in [-0.2, 0) is 21.3 Å². The van der Waals surface area contributed by atoms with Crippen molar-refractivity contribution in [3.05, 3.63) is 55.1 Å². The molecule has 1 aromatic heterocycles. The number of anilines is 1. The van der Waals surface area contributed by atoms with Crippen molar-refractivity contribution in [3.63, 3.8) is 0 Å². The van der Waals surface area contributed by atoms with Gasteiger partial charge in [-0.15, -0.1) is 28.6 Å². The Hall–Kier alpha value is -2.77. The van der Waals surface area contributed by atoms with Crippen molar-refractivity contribution in [1.82, 2.24) is 8.87 Å². The Morgan fingerprint density at radius 2 is 2.06 bits per heavy atom. The molecule has 1 fully saturated rings. The van der Waals surface area contributed by atoms with Crippen molar-refractivity contribution in [2.75, 3.05) is 37.9 Å². The molecule has 9 nitrogen and oxygen atoms in total. The molecule has 1 aliphatic rings. The molecular formula is C23H25N5O4S3. The van der Waals surface area contributed by atoms with Gasteiger partial charge in [-0.25, -0.2) is 8.42 Å². The number of thioether (sulfide) groups is 1. The van der Waals surface area contributed by atoms with Gasteiger partial charge in [0, 0.05) is 35.6 Å². The van der Waals surface area contributed by atoms with Gasteiger partial charge in [-0.05, 0) is 54.9 Å². The predicted molar refractivity (Wildman–Crippen MR) is 142 cm³/mol. The van der Waals surface area contributed by atoms with Crippen LogP contribution in [0.3, 0.4) is 0 Å². The van der Waals surface area contributed by atoms with E-state index in [0.29, 0.717) is 30.7 Å². The minimum atomic E-state index is -3.73. The highest BCUT2D eigenvalue weighted by Crippen LogP contribution is 2.40. The Morgan fingerprint density at radius 1 is 1.29 bits per heavy atom. The van der Waals surface area contributed by atoms with Gasteiger partial charge in [-0.2, -0.15) is 4.31 Å². The lowest BCUT2D eigenvalue weighted by Gasteiger charge is -2.26. The van der Waals surface area contributed by atoms with E-state index in [9.17, 15) is 13.5 Å². The third kappa shape index (κ3) is 5.41. The van der Waals surface area contributed by atoms with Crippen LogP contribution in [0.4, 0.5) is 11.4 Å². The Labute approximate surface area is 213 Å². The molecule has 1 aliphatic heterocycles. The monoisotopic (exact) mass is 531 g/mol. The number of ether oxygens (including phenoxy) is 1. The average Bonchev–Trinajstić information content (AvgIpc) is 3.13. The van der Waals surface area contributed by atoms with E-state index >= 15 is 0 Å². The molecule has 12 heteroatoms. The van der Waals surface area contributed by atoms with Crippen LogP contribution in [0, 0.1) is 0 Å². The maximum atomic E-state index is 13.2. The summed E-state index contributed by atoms with van der Waals surface area (Å²) in [5.74, 6) is -0.156. The molecule has 0 atom stereocenters. The van der Waals surface area contributed by atoms with E-state index in [0.717, 1.165) is 10.6 Å². The van der Waals surface area contributed by atoms with Crippen LogP contribution in [0.25, 0.3) is 10.9 Å². The number of aromatic nitrogens is 1. The van der Waals surface area contributed by atoms with Crippen LogP contribution in [0.15, 0.2) is 75.1 Å². The summed E-state index contributed by atoms with van der Waals surface area (Å²) in [6.45, 7) is 5.30. The van der Waals surface area contributed by atoms with Crippen molar-refractivity contribution in [3.8, 4) is 5.88 Å². The third-order valence-electron chi connectivity index (χ3n) is 5.46. The SMILES string of the molecule is C=CCn1c(O)c(N=NC(=S)Nc2cccc(SC)c2)c2cc(S(=O)(=O)N3CCOCC3)ccc21. The van der Waals surface area contributed by atoms with Gasteiger partial charge in [0.15, 0.2) is 5.69 Å². The molecular weight excluding hydrogens is 506 g/mol. The van der Waals surface area contributed by atoms with Crippen LogP contribution in [-0.4, -0.2) is 60.1 Å². The average molecular weight is 532 g/mol. The number of aromatic hydroxyl groups is 1. The van der Waals surface area contributed by atoms with Crippen molar-refractivity contribution in [1.29, 1.82) is 0 Å². The minimum Gasteiger partial charge on any atom is -0.493 e. The first-order chi connectivity index (χ1) is 16.8. The van der Waals surface area contributed by atoms with Crippen LogP contribution < -0.4 is 5.32 Å². The number of thiocarbonyl (C=S) groups is 1. The molecule has 0 aliphatic carbocycles. The second-order valence-corrected chi connectivity index (χ2v) is 10.8. The molecule has 0 radical (unpaired) electrons. The van der Waals surface area contributed by atoms with Crippen molar-refractivity contribution in [2.45, 2.75) is 16.3 Å². The first-order valence-electron chi connectivity index (χ1n) is 10.8. The number of benzene rings is 2. The number of rotatable bonds is 7. The smallest absolute Gasteiger partial charge is 0.243 e. The predicted octanol–water partition coefficient (Wildman–Crippen LogP) is 4.76. The molecule has 0 bridgehead atoms. The maximum absolute atomic E-state index is 13.2. The largest absolute Gasteiger partial charge is 0.493 e. The molecule has 184 valence electrons. The summed E-state index contributed by atoms with van der Waals surface area (Å²) in [6, 6.07) is 12.4. The Bertz CT molecular complexity index is 1400. The summed E-state index contributed by atoms with van der Waals surface area (Å²) in [5.41, 5.74) is 1.49. The van der Waals surface area contributed by atoms with Crippen LogP contribution in [0.5, 0.6) is 5.88 Å². The zero-order valence-corrected chi connectivity index (χ0v) is 21.5. The molecule has 0 spiro atoms. The number of sulfonamides is 1. The van der Waals surface area contributed by atoms with Gasteiger partial charge in [-0.1, -0.05) is 12.1 Å². The van der Waals surface area contributed by atoms with Crippen molar-refractivity contribution >= 4 is 61.4 Å². The normalized spacial score (nSPS) is 15.0. The van der Waals surface area contributed by atoms with Crippen molar-refractivity contribution in [2.24, 2.45) is 10.2 Å². The van der Waals surface area contributed by atoms with Gasteiger partial charge in [0.2, 0.25) is 21.0 Å². The fourth-order valence-electron chi connectivity index (χ4n) is 3.76. The van der Waals surface area contributed by atoms with Gasteiger partial charge in [0.05, 0.1) is 23.6 Å². The van der Waals surface area contributed by atoms with Gasteiger partial charge < -0.3 is 19.7 Å². The summed E-state index contributed by atoms with van der Waals surface area (Å²) in [6.07, 6.45) is 3.61. The fraction of sp³-hybridized carbons (Fsp3) is 0.261. The van der Waals surface area contributed by atoms with Crippen molar-refractivity contribution < 1.29 is 18.3 Å². The number of nitrogens with one attached hydrogen (secondary N) is 1. The highest BCUT2D eigenvalue weighted by Gasteiger charge is 2.28. The van der Waals surface area contributed by atoms with Crippen LogP contribution in [0.2, 0.25) is 0 Å². The summed E-state index contributed by atoms with van der Waals surface area (Å²) in [4.78, 5) is 1.17. The molecule has 2 heterocycles. The molecule has 0 amide bonds. The molecule has 3 aromatic rings. The quantitative estimate of drug-likeness (QED) is 0.196. The number of allylic oxidation sites excluding steroid dienone is 1. The first kappa shape index (κ1) is 25.3. The van der Waals surface area contributed by atoms with E-state index in [1.165, 1.54) is 16.4 Å². The highest BCUT2D eigenvalue weighted by molar-refractivity contribution is 7.98. The van der Waals surface area contributed by atoms with E-state index in [2.05, 4.69) is 22.1 Å². The number of azo groups is 1. The number of hydrogen-bond donors (Lipinski definition) is 2. The zero-order chi connectivity index (χ0) is 25.0. The Kier molecular flexibility index (Phi) is 7.87. The summed E-state index contributed by atoms with van der Waals surface area (Å²) in [7, 11) is -3.73. The van der Waals surface area contributed by atoms with E-state index in [4.69, 9.17) is 17.0 Å². The lowest BCUT2D eigenvalue weighted by molar-refractivity contribution is 0.0730. The Balaban J connectivity index is 1.70. The number of morpholine rings is 1. The zero-order valence-electron chi connectivity index (χ0n) is 19.0. The standard InChI is InChI=1S/C23H25N5O4S3/c1-3-9-28-20-8-7-18(35(30,31)27-10-12-32-13-11-27)15-19(20)21(22(28)29)25-26-23(33)24-16-5-4-6-17(14-16)34-2/h3-8,14-15,29H,1,9-13H2,2H3,(H,24,33). The van der Waals surface area contributed by atoms with E-state index in [1.54, 1.807) is 28.5 Å². The Morgan fingerprint density at radius 3 is 2.77 bits per heavy atom. The highest BCUT2D eigenvalue weighted by atomic mass is 32.2. The molecule has 2 N–H and O–H groups in total. The first-order valence-corrected chi connectivity index (χ1v) is 13.8. The molecule has 35 heavy (non-hydrogen) atoms. The summed E-state index contributed by atoms with van der Waals surface area (Å²) >= 11 is 6.92. The lowest BCUT2D eigenvalue weighted by atomic mass is 10.2. The molecule has 4 rings (SSSR count). The maximum Gasteiger partial charge on any atom is 0.243 e. The molecule has 1 saturated heterocycles. The lowest BCUT2D eigenvalue weighted by Crippen LogP contribution is -2.40. The number of hydrogen-bond acceptors (Lipinski definition) is 7. The van der Waals surface area contributed by atoms with E-state index < -0.39 is 10.0 Å². The third-order valence-corrected chi connectivity index (χ3v) is 8.27. The van der Waals surface area contributed by atoms with Gasteiger partial charge >= 0.3 is 0 Å². The second kappa shape index (κ2) is 10.9. The fourth-order valence-corrected chi connectivity index (χ4v) is 5.81. The van der Waals surface area contributed by atoms with Gasteiger partial charge in [0.25, 0.3) is 0 Å². The molecule has 0 saturated carbocycles. The molecule has 2 aromatic carbocycles. The van der Waals surface area contributed by atoms with Crippen LogP contribution in [0.1, 0.15) is 0 Å². The molecule has 0 unspecified atom stereocenters. The van der Waals surface area contributed by atoms with Gasteiger partial charge in [-0.3, -0.25) is 0 Å². The summed E-state index contributed by atoms with van der Waals surface area (Å²) < 4.78 is 34.6. The van der Waals surface area contributed by atoms with E-state index in [1.807, 2.05) is 30.5 Å². The van der Waals surface area contributed by atoms with Gasteiger partial charge in [0.1, 0.15) is 0 Å². The topological polar surface area (TPSA) is 109 Å². The van der Waals surface area contributed by atoms with E-state index in [-0.39, 0.29) is 34.7 Å². The second-order valence-electron chi connectivity index (χ2n) is 7.63. The number of fused-ring (bicyclic) bond motifs is 1. The number of nitrogens with zero attached hydrogens (tertiary/aromatic N) is 4. The minimum absolute atomic E-state index is 0.101.